The van der Waals surface area contributed by atoms with Gasteiger partial charge in [0.25, 0.3) is 0 Å². The van der Waals surface area contributed by atoms with Gasteiger partial charge in [-0.05, 0) is 19.3 Å². The Morgan fingerprint density at radius 1 is 1.21 bits per heavy atom. The van der Waals surface area contributed by atoms with E-state index in [1.165, 1.54) is 32.0 Å². The van der Waals surface area contributed by atoms with E-state index in [9.17, 15) is 0 Å². The molecule has 1 aromatic rings. The first-order chi connectivity index (χ1) is 9.38. The van der Waals surface area contributed by atoms with Gasteiger partial charge in [-0.1, -0.05) is 31.6 Å². The number of hydrogen-bond acceptors (Lipinski definition) is 4. The summed E-state index contributed by atoms with van der Waals surface area (Å²) >= 11 is 0. The van der Waals surface area contributed by atoms with Crippen LogP contribution in [0, 0.1) is 17.8 Å². The van der Waals surface area contributed by atoms with Gasteiger partial charge in [0.15, 0.2) is 6.61 Å². The molecule has 0 atom stereocenters. The summed E-state index contributed by atoms with van der Waals surface area (Å²) in [6.45, 7) is 2.84. The summed E-state index contributed by atoms with van der Waals surface area (Å²) in [4.78, 5) is 8.10. The molecule has 0 aromatic carbocycles. The molecule has 0 unspecified atom stereocenters. The predicted octanol–water partition coefficient (Wildman–Crippen LogP) is 2.84. The van der Waals surface area contributed by atoms with Gasteiger partial charge in [-0.25, -0.2) is 9.97 Å². The number of nitrogens with zero attached hydrogens (tertiary/aromatic N) is 2. The maximum absolute atomic E-state index is 5.65. The van der Waals surface area contributed by atoms with E-state index >= 15 is 0 Å². The first-order valence-electron chi connectivity index (χ1n) is 6.85. The molecule has 0 radical (unpaired) electrons. The molecule has 1 aliphatic rings. The molecule has 0 bridgehead atoms. The molecule has 0 saturated heterocycles. The lowest BCUT2D eigenvalue weighted by molar-refractivity contribution is 0.266. The summed E-state index contributed by atoms with van der Waals surface area (Å²) in [7, 11) is 0. The Morgan fingerprint density at radius 3 is 2.68 bits per heavy atom. The molecule has 4 nitrogen and oxygen atoms in total. The molecule has 1 aromatic heterocycles. The standard InChI is InChI=1S/C15H20N2O2/c1-2-3-9-18-14-11-15(17-12-16-14)19-10-8-13-6-4-5-7-13/h11-13H,4-10H2,1H3. The molecule has 102 valence electrons. The number of rotatable bonds is 6. The zero-order chi connectivity index (χ0) is 13.3. The van der Waals surface area contributed by atoms with Gasteiger partial charge in [0.1, 0.15) is 6.33 Å². The van der Waals surface area contributed by atoms with Gasteiger partial charge in [-0.3, -0.25) is 0 Å². The van der Waals surface area contributed by atoms with Crippen LogP contribution in [0.2, 0.25) is 0 Å². The lowest BCUT2D eigenvalue weighted by Gasteiger charge is -2.10. The van der Waals surface area contributed by atoms with Crippen LogP contribution in [0.25, 0.3) is 0 Å². The maximum atomic E-state index is 5.65. The zero-order valence-corrected chi connectivity index (χ0v) is 11.4. The first-order valence-corrected chi connectivity index (χ1v) is 6.85. The Labute approximate surface area is 114 Å². The quantitative estimate of drug-likeness (QED) is 0.738. The molecule has 1 saturated carbocycles. The van der Waals surface area contributed by atoms with Gasteiger partial charge in [-0.2, -0.15) is 0 Å². The average Bonchev–Trinajstić information content (AvgIpc) is 2.93. The van der Waals surface area contributed by atoms with Crippen molar-refractivity contribution in [2.45, 2.75) is 39.0 Å². The van der Waals surface area contributed by atoms with Crippen LogP contribution in [0.15, 0.2) is 12.4 Å². The minimum absolute atomic E-state index is 0.342. The highest BCUT2D eigenvalue weighted by atomic mass is 16.5. The lowest BCUT2D eigenvalue weighted by Crippen LogP contribution is -2.05. The molecular weight excluding hydrogens is 240 g/mol. The largest absolute Gasteiger partial charge is 0.477 e. The van der Waals surface area contributed by atoms with Gasteiger partial charge in [0, 0.05) is 0 Å². The molecule has 2 rings (SSSR count). The van der Waals surface area contributed by atoms with Crippen molar-refractivity contribution in [3.63, 3.8) is 0 Å². The molecule has 0 N–H and O–H groups in total. The van der Waals surface area contributed by atoms with Gasteiger partial charge in [0.2, 0.25) is 11.8 Å². The fraction of sp³-hybridized carbons (Fsp3) is 0.600. The third-order valence-electron chi connectivity index (χ3n) is 3.34. The lowest BCUT2D eigenvalue weighted by atomic mass is 10.1. The van der Waals surface area contributed by atoms with Crippen LogP contribution in [-0.4, -0.2) is 23.2 Å². The number of ether oxygens (including phenoxy) is 2. The molecule has 0 aliphatic heterocycles. The summed E-state index contributed by atoms with van der Waals surface area (Å²) in [6, 6.07) is 1.71. The number of hydrogen-bond donors (Lipinski definition) is 0. The van der Waals surface area contributed by atoms with Crippen LogP contribution in [0.5, 0.6) is 11.8 Å². The van der Waals surface area contributed by atoms with Crippen molar-refractivity contribution < 1.29 is 9.47 Å². The first kappa shape index (κ1) is 13.7. The Hall–Kier alpha value is -1.76. The van der Waals surface area contributed by atoms with E-state index in [1.807, 2.05) is 0 Å². The average molecular weight is 260 g/mol. The van der Waals surface area contributed by atoms with Crippen LogP contribution in [0.4, 0.5) is 0 Å². The Balaban J connectivity index is 1.75. The van der Waals surface area contributed by atoms with E-state index in [-0.39, 0.29) is 0 Å². The highest BCUT2D eigenvalue weighted by Crippen LogP contribution is 2.27. The summed E-state index contributed by atoms with van der Waals surface area (Å²) in [5, 5.41) is 0. The molecule has 1 fully saturated rings. The normalized spacial score (nSPS) is 14.8. The van der Waals surface area contributed by atoms with E-state index in [2.05, 4.69) is 21.8 Å². The van der Waals surface area contributed by atoms with Crippen LogP contribution >= 0.6 is 0 Å². The third kappa shape index (κ3) is 4.78. The van der Waals surface area contributed by atoms with Crippen molar-refractivity contribution >= 4 is 0 Å². The topological polar surface area (TPSA) is 44.2 Å². The predicted molar refractivity (Wildman–Crippen MR) is 73.0 cm³/mol. The van der Waals surface area contributed by atoms with Gasteiger partial charge < -0.3 is 9.47 Å². The van der Waals surface area contributed by atoms with Crippen LogP contribution in [0.1, 0.15) is 39.0 Å². The maximum Gasteiger partial charge on any atom is 0.221 e. The Bertz CT molecular complexity index is 445. The summed E-state index contributed by atoms with van der Waals surface area (Å²) < 4.78 is 11.0. The highest BCUT2D eigenvalue weighted by molar-refractivity contribution is 5.18. The molecule has 0 amide bonds. The minimum Gasteiger partial charge on any atom is -0.477 e. The monoisotopic (exact) mass is 260 g/mol. The summed E-state index contributed by atoms with van der Waals surface area (Å²) in [5.41, 5.74) is 0. The molecule has 19 heavy (non-hydrogen) atoms. The molecular formula is C15H20N2O2. The summed E-state index contributed by atoms with van der Waals surface area (Å²) in [6.07, 6.45) is 8.00. The molecule has 1 heterocycles. The van der Waals surface area contributed by atoms with E-state index in [4.69, 9.17) is 9.47 Å². The zero-order valence-electron chi connectivity index (χ0n) is 11.4. The van der Waals surface area contributed by atoms with Crippen molar-refractivity contribution in [3.8, 4) is 23.6 Å². The van der Waals surface area contributed by atoms with E-state index in [1.54, 1.807) is 13.0 Å². The van der Waals surface area contributed by atoms with Crippen LogP contribution in [0.3, 0.4) is 0 Å². The fourth-order valence-corrected chi connectivity index (χ4v) is 2.29. The van der Waals surface area contributed by atoms with Crippen molar-refractivity contribution in [2.75, 3.05) is 13.2 Å². The summed E-state index contributed by atoms with van der Waals surface area (Å²) in [5.74, 6) is 7.51. The molecule has 1 aliphatic carbocycles. The van der Waals surface area contributed by atoms with Gasteiger partial charge >= 0.3 is 0 Å². The SMILES string of the molecule is CC#CCOc1cc(OCCC2CCCC2)ncn1. The van der Waals surface area contributed by atoms with E-state index in [0.717, 1.165) is 18.9 Å². The Kier molecular flexibility index (Phi) is 5.49. The van der Waals surface area contributed by atoms with Crippen LogP contribution in [-0.2, 0) is 0 Å². The fourth-order valence-electron chi connectivity index (χ4n) is 2.29. The number of aromatic nitrogens is 2. The van der Waals surface area contributed by atoms with Crippen molar-refractivity contribution in [2.24, 2.45) is 5.92 Å². The third-order valence-corrected chi connectivity index (χ3v) is 3.34. The molecule has 4 heteroatoms. The highest BCUT2D eigenvalue weighted by Gasteiger charge is 2.14. The van der Waals surface area contributed by atoms with E-state index < -0.39 is 0 Å². The second-order valence-electron chi connectivity index (χ2n) is 4.70. The van der Waals surface area contributed by atoms with Crippen LogP contribution < -0.4 is 9.47 Å². The Morgan fingerprint density at radius 2 is 1.95 bits per heavy atom. The van der Waals surface area contributed by atoms with Gasteiger partial charge in [0.05, 0.1) is 12.7 Å². The second-order valence-corrected chi connectivity index (χ2v) is 4.70. The molecule has 0 spiro atoms. The van der Waals surface area contributed by atoms with Crippen molar-refractivity contribution in [1.29, 1.82) is 0 Å². The smallest absolute Gasteiger partial charge is 0.221 e. The van der Waals surface area contributed by atoms with Gasteiger partial charge in [-0.15, -0.1) is 5.92 Å². The van der Waals surface area contributed by atoms with Crippen molar-refractivity contribution in [1.82, 2.24) is 9.97 Å². The van der Waals surface area contributed by atoms with Crippen molar-refractivity contribution in [3.05, 3.63) is 12.4 Å². The van der Waals surface area contributed by atoms with E-state index in [0.29, 0.717) is 18.4 Å². The minimum atomic E-state index is 0.342. The second kappa shape index (κ2) is 7.63.